The van der Waals surface area contributed by atoms with E-state index in [0.717, 1.165) is 31.6 Å². The summed E-state index contributed by atoms with van der Waals surface area (Å²) in [6.45, 7) is 8.22. The third kappa shape index (κ3) is 4.42. The lowest BCUT2D eigenvalue weighted by Crippen LogP contribution is -2.58. The third-order valence-corrected chi connectivity index (χ3v) is 5.66. The fraction of sp³-hybridized carbons (Fsp3) is 0.667. The van der Waals surface area contributed by atoms with Gasteiger partial charge in [-0.3, -0.25) is 9.69 Å². The van der Waals surface area contributed by atoms with Gasteiger partial charge in [-0.1, -0.05) is 44.5 Å². The second-order valence-corrected chi connectivity index (χ2v) is 8.09. The first-order valence-corrected chi connectivity index (χ1v) is 9.81. The molecule has 1 amide bonds. The summed E-state index contributed by atoms with van der Waals surface area (Å²) in [5.41, 5.74) is 1.25. The van der Waals surface area contributed by atoms with E-state index in [2.05, 4.69) is 43.0 Å². The number of piperidine rings is 2. The predicted octanol–water partition coefficient (Wildman–Crippen LogP) is 3.15. The molecular weight excluding hydrogens is 312 g/mol. The zero-order chi connectivity index (χ0) is 17.9. The Bertz CT molecular complexity index is 578. The molecule has 1 atom stereocenters. The van der Waals surface area contributed by atoms with E-state index in [9.17, 15) is 9.90 Å². The Morgan fingerprint density at radius 3 is 2.36 bits per heavy atom. The Labute approximate surface area is 151 Å². The molecule has 2 aliphatic rings. The molecule has 0 spiro atoms. The van der Waals surface area contributed by atoms with Crippen molar-refractivity contribution in [3.05, 3.63) is 35.4 Å². The fourth-order valence-corrected chi connectivity index (χ4v) is 4.08. The molecule has 2 heterocycles. The number of benzene rings is 1. The van der Waals surface area contributed by atoms with Crippen LogP contribution in [0.5, 0.6) is 0 Å². The molecule has 2 saturated heterocycles. The normalized spacial score (nSPS) is 25.6. The zero-order valence-electron chi connectivity index (χ0n) is 15.7. The lowest BCUT2D eigenvalue weighted by molar-refractivity contribution is -0.160. The maximum Gasteiger partial charge on any atom is 0.256 e. The molecule has 0 aliphatic carbocycles. The summed E-state index contributed by atoms with van der Waals surface area (Å²) in [7, 11) is 0. The maximum absolute atomic E-state index is 12.9. The van der Waals surface area contributed by atoms with Crippen molar-refractivity contribution in [1.29, 1.82) is 0 Å². The van der Waals surface area contributed by atoms with Gasteiger partial charge in [-0.25, -0.2) is 0 Å². The molecule has 0 saturated carbocycles. The maximum atomic E-state index is 12.9. The Hall–Kier alpha value is -1.39. The van der Waals surface area contributed by atoms with Crippen molar-refractivity contribution in [3.63, 3.8) is 0 Å². The summed E-state index contributed by atoms with van der Waals surface area (Å²) in [6, 6.07) is 8.52. The Morgan fingerprint density at radius 1 is 1.04 bits per heavy atom. The van der Waals surface area contributed by atoms with Crippen LogP contribution in [0.4, 0.5) is 0 Å². The first-order chi connectivity index (χ1) is 12.0. The topological polar surface area (TPSA) is 43.8 Å². The van der Waals surface area contributed by atoms with Gasteiger partial charge in [0.25, 0.3) is 5.91 Å². The second-order valence-electron chi connectivity index (χ2n) is 8.09. The van der Waals surface area contributed by atoms with Crippen LogP contribution in [0.2, 0.25) is 0 Å². The summed E-state index contributed by atoms with van der Waals surface area (Å²) in [5, 5.41) is 11.0. The highest BCUT2D eigenvalue weighted by atomic mass is 16.3. The summed E-state index contributed by atoms with van der Waals surface area (Å²) in [6.07, 6.45) is 5.08. The largest absolute Gasteiger partial charge is 0.379 e. The summed E-state index contributed by atoms with van der Waals surface area (Å²) < 4.78 is 0. The van der Waals surface area contributed by atoms with Gasteiger partial charge in [0.2, 0.25) is 0 Å². The van der Waals surface area contributed by atoms with Crippen LogP contribution in [0, 0.1) is 0 Å². The molecule has 25 heavy (non-hydrogen) atoms. The molecule has 1 aromatic rings. The number of aliphatic hydroxyl groups is 1. The number of hydrogen-bond donors (Lipinski definition) is 1. The zero-order valence-corrected chi connectivity index (χ0v) is 15.7. The molecule has 3 rings (SSSR count). The number of amides is 1. The van der Waals surface area contributed by atoms with Crippen LogP contribution in [0.3, 0.4) is 0 Å². The molecule has 4 nitrogen and oxygen atoms in total. The first kappa shape index (κ1) is 18.4. The molecule has 1 N–H and O–H groups in total. The molecule has 1 aromatic carbocycles. The van der Waals surface area contributed by atoms with Gasteiger partial charge in [0, 0.05) is 19.6 Å². The van der Waals surface area contributed by atoms with E-state index in [4.69, 9.17) is 0 Å². The molecule has 2 aliphatic heterocycles. The van der Waals surface area contributed by atoms with Crippen LogP contribution in [0.15, 0.2) is 24.3 Å². The highest BCUT2D eigenvalue weighted by molar-refractivity contribution is 5.86. The van der Waals surface area contributed by atoms with Crippen molar-refractivity contribution in [2.75, 3.05) is 26.2 Å². The van der Waals surface area contributed by atoms with E-state index in [1.807, 2.05) is 4.90 Å². The highest BCUT2D eigenvalue weighted by Crippen LogP contribution is 2.27. The summed E-state index contributed by atoms with van der Waals surface area (Å²) in [4.78, 5) is 17.1. The van der Waals surface area contributed by atoms with E-state index >= 15 is 0 Å². The average molecular weight is 344 g/mol. The third-order valence-electron chi connectivity index (χ3n) is 5.66. The Morgan fingerprint density at radius 2 is 1.72 bits per heavy atom. The van der Waals surface area contributed by atoms with Crippen LogP contribution in [-0.2, 0) is 11.3 Å². The van der Waals surface area contributed by atoms with E-state index in [0.29, 0.717) is 25.4 Å². The molecule has 4 heteroatoms. The van der Waals surface area contributed by atoms with Gasteiger partial charge in [-0.15, -0.1) is 0 Å². The van der Waals surface area contributed by atoms with Crippen molar-refractivity contribution < 1.29 is 9.90 Å². The van der Waals surface area contributed by atoms with Gasteiger partial charge < -0.3 is 10.0 Å². The molecule has 0 radical (unpaired) electrons. The Kier molecular flexibility index (Phi) is 5.80. The minimum atomic E-state index is -1.20. The summed E-state index contributed by atoms with van der Waals surface area (Å²) >= 11 is 0. The van der Waals surface area contributed by atoms with Crippen LogP contribution in [0.1, 0.15) is 63.0 Å². The van der Waals surface area contributed by atoms with Gasteiger partial charge in [0.05, 0.1) is 0 Å². The number of carbonyl (C=O) groups is 1. The monoisotopic (exact) mass is 344 g/mol. The molecule has 1 unspecified atom stereocenters. The van der Waals surface area contributed by atoms with Crippen LogP contribution in [-0.4, -0.2) is 52.6 Å². The molecule has 0 bridgehead atoms. The first-order valence-electron chi connectivity index (χ1n) is 9.81. The van der Waals surface area contributed by atoms with Crippen molar-refractivity contribution in [3.8, 4) is 0 Å². The summed E-state index contributed by atoms with van der Waals surface area (Å²) in [5.74, 6) is 0.428. The standard InChI is InChI=1S/C21H32N2O2/c1-17(2)19-9-7-18(8-10-19)15-23-14-6-11-21(25,20(23)24)16-22-12-4-3-5-13-22/h7-10,17,25H,3-6,11-16H2,1-2H3. The van der Waals surface area contributed by atoms with Crippen LogP contribution >= 0.6 is 0 Å². The molecular formula is C21H32N2O2. The number of β-amino-alcohol motifs (C(OH)–C–C–N with tert-alkyl or cyclic N) is 1. The molecule has 0 aromatic heterocycles. The highest BCUT2D eigenvalue weighted by Gasteiger charge is 2.43. The minimum absolute atomic E-state index is 0.0859. The quantitative estimate of drug-likeness (QED) is 0.892. The van der Waals surface area contributed by atoms with Gasteiger partial charge in [-0.05, 0) is 55.8 Å². The van der Waals surface area contributed by atoms with Gasteiger partial charge >= 0.3 is 0 Å². The Balaban J connectivity index is 1.64. The predicted molar refractivity (Wildman–Crippen MR) is 100 cm³/mol. The SMILES string of the molecule is CC(C)c1ccc(CN2CCCC(O)(CN3CCCCC3)C2=O)cc1. The number of nitrogens with zero attached hydrogens (tertiary/aromatic N) is 2. The molecule has 2 fully saturated rings. The lowest BCUT2D eigenvalue weighted by Gasteiger charge is -2.41. The molecule has 138 valence electrons. The van der Waals surface area contributed by atoms with Crippen molar-refractivity contribution >= 4 is 5.91 Å². The van der Waals surface area contributed by atoms with Crippen molar-refractivity contribution in [1.82, 2.24) is 9.80 Å². The van der Waals surface area contributed by atoms with Crippen LogP contribution in [0.25, 0.3) is 0 Å². The second kappa shape index (κ2) is 7.88. The van der Waals surface area contributed by atoms with Gasteiger partial charge in [-0.2, -0.15) is 0 Å². The lowest BCUT2D eigenvalue weighted by atomic mass is 9.90. The van der Waals surface area contributed by atoms with E-state index in [-0.39, 0.29) is 5.91 Å². The fourth-order valence-electron chi connectivity index (χ4n) is 4.08. The number of hydrogen-bond acceptors (Lipinski definition) is 3. The number of likely N-dealkylation sites (tertiary alicyclic amines) is 2. The van der Waals surface area contributed by atoms with Gasteiger partial charge in [0.15, 0.2) is 5.60 Å². The number of rotatable bonds is 5. The van der Waals surface area contributed by atoms with E-state index in [1.165, 1.54) is 24.8 Å². The van der Waals surface area contributed by atoms with Crippen LogP contribution < -0.4 is 0 Å². The average Bonchev–Trinajstić information content (AvgIpc) is 2.60. The van der Waals surface area contributed by atoms with E-state index in [1.54, 1.807) is 0 Å². The van der Waals surface area contributed by atoms with Gasteiger partial charge in [0.1, 0.15) is 0 Å². The van der Waals surface area contributed by atoms with Crippen molar-refractivity contribution in [2.24, 2.45) is 0 Å². The smallest absolute Gasteiger partial charge is 0.256 e. The van der Waals surface area contributed by atoms with Crippen molar-refractivity contribution in [2.45, 2.75) is 64.0 Å². The number of carbonyl (C=O) groups excluding carboxylic acids is 1. The minimum Gasteiger partial charge on any atom is -0.379 e. The van der Waals surface area contributed by atoms with E-state index < -0.39 is 5.60 Å².